The van der Waals surface area contributed by atoms with Gasteiger partial charge in [-0.1, -0.05) is 26.7 Å². The van der Waals surface area contributed by atoms with Gasteiger partial charge in [-0.2, -0.15) is 0 Å². The summed E-state index contributed by atoms with van der Waals surface area (Å²) < 4.78 is 5.43. The largest absolute Gasteiger partial charge is 0.394 e. The first-order chi connectivity index (χ1) is 11.8. The Bertz CT molecular complexity index is 399. The SMILES string of the molecule is CCCCC(O)C(CSC1OC(CO)C(O)C(O)C1O)NC(=O)CC. The van der Waals surface area contributed by atoms with Crippen molar-refractivity contribution >= 4 is 17.7 Å². The average Bonchev–Trinajstić information content (AvgIpc) is 2.62. The van der Waals surface area contributed by atoms with Crippen molar-refractivity contribution in [3.8, 4) is 0 Å². The molecule has 7 unspecified atom stereocenters. The highest BCUT2D eigenvalue weighted by molar-refractivity contribution is 7.99. The van der Waals surface area contributed by atoms with Crippen LogP contribution in [-0.2, 0) is 9.53 Å². The zero-order valence-corrected chi connectivity index (χ0v) is 15.6. The minimum atomic E-state index is -1.43. The number of hydrogen-bond donors (Lipinski definition) is 6. The van der Waals surface area contributed by atoms with Crippen LogP contribution in [0.2, 0.25) is 0 Å². The molecule has 1 heterocycles. The molecule has 1 rings (SSSR count). The van der Waals surface area contributed by atoms with Crippen molar-refractivity contribution in [1.82, 2.24) is 5.32 Å². The van der Waals surface area contributed by atoms with Gasteiger partial charge in [0.25, 0.3) is 0 Å². The van der Waals surface area contributed by atoms with Crippen LogP contribution in [0, 0.1) is 0 Å². The minimum Gasteiger partial charge on any atom is -0.394 e. The van der Waals surface area contributed by atoms with Crippen molar-refractivity contribution in [2.24, 2.45) is 0 Å². The van der Waals surface area contributed by atoms with Crippen molar-refractivity contribution in [2.45, 2.75) is 81.5 Å². The molecule has 0 saturated carbocycles. The smallest absolute Gasteiger partial charge is 0.220 e. The average molecular weight is 381 g/mol. The molecule has 25 heavy (non-hydrogen) atoms. The van der Waals surface area contributed by atoms with Crippen molar-refractivity contribution in [2.75, 3.05) is 12.4 Å². The summed E-state index contributed by atoms with van der Waals surface area (Å²) in [6.45, 7) is 3.24. The summed E-state index contributed by atoms with van der Waals surface area (Å²) in [6, 6.07) is -0.517. The normalized spacial score (nSPS) is 32.2. The van der Waals surface area contributed by atoms with Gasteiger partial charge in [-0.15, -0.1) is 11.8 Å². The van der Waals surface area contributed by atoms with Crippen LogP contribution >= 0.6 is 11.8 Å². The Balaban J connectivity index is 2.68. The molecular weight excluding hydrogens is 350 g/mol. The fourth-order valence-corrected chi connectivity index (χ4v) is 3.86. The van der Waals surface area contributed by atoms with E-state index in [0.29, 0.717) is 12.8 Å². The van der Waals surface area contributed by atoms with Crippen LogP contribution in [0.3, 0.4) is 0 Å². The number of aliphatic hydroxyl groups is 5. The molecule has 1 amide bonds. The number of unbranched alkanes of at least 4 members (excludes halogenated alkanes) is 1. The maximum Gasteiger partial charge on any atom is 0.220 e. The lowest BCUT2D eigenvalue weighted by Gasteiger charge is -2.40. The van der Waals surface area contributed by atoms with Gasteiger partial charge in [0.05, 0.1) is 18.8 Å². The second kappa shape index (κ2) is 11.3. The Labute approximate surface area is 152 Å². The Morgan fingerprint density at radius 3 is 2.44 bits per heavy atom. The molecule has 8 nitrogen and oxygen atoms in total. The fraction of sp³-hybridized carbons (Fsp3) is 0.938. The number of hydrogen-bond acceptors (Lipinski definition) is 8. The van der Waals surface area contributed by atoms with E-state index in [2.05, 4.69) is 5.32 Å². The summed E-state index contributed by atoms with van der Waals surface area (Å²) in [4.78, 5) is 11.7. The van der Waals surface area contributed by atoms with Gasteiger partial charge in [0.2, 0.25) is 5.91 Å². The maximum atomic E-state index is 11.7. The molecule has 148 valence electrons. The molecule has 0 aromatic rings. The fourth-order valence-electron chi connectivity index (χ4n) is 2.58. The number of carbonyl (C=O) groups excluding carboxylic acids is 1. The molecule has 1 aliphatic heterocycles. The second-order valence-corrected chi connectivity index (χ2v) is 7.40. The molecule has 1 saturated heterocycles. The van der Waals surface area contributed by atoms with Gasteiger partial charge in [0.15, 0.2) is 0 Å². The molecule has 7 atom stereocenters. The first kappa shape index (κ1) is 22.6. The third kappa shape index (κ3) is 6.67. The van der Waals surface area contributed by atoms with E-state index in [1.165, 1.54) is 0 Å². The Morgan fingerprint density at radius 2 is 1.88 bits per heavy atom. The number of nitrogens with one attached hydrogen (secondary N) is 1. The number of amides is 1. The number of rotatable bonds is 10. The first-order valence-corrected chi connectivity index (χ1v) is 9.80. The second-order valence-electron chi connectivity index (χ2n) is 6.27. The predicted octanol–water partition coefficient (Wildman–Crippen LogP) is -1.03. The van der Waals surface area contributed by atoms with Crippen LogP contribution in [0.25, 0.3) is 0 Å². The lowest BCUT2D eigenvalue weighted by molar-refractivity contribution is -0.205. The minimum absolute atomic E-state index is 0.185. The summed E-state index contributed by atoms with van der Waals surface area (Å²) >= 11 is 1.12. The van der Waals surface area contributed by atoms with Crippen molar-refractivity contribution in [1.29, 1.82) is 0 Å². The van der Waals surface area contributed by atoms with Gasteiger partial charge in [0.1, 0.15) is 29.9 Å². The van der Waals surface area contributed by atoms with Crippen LogP contribution in [0.1, 0.15) is 39.5 Å². The molecular formula is C16H31NO7S. The van der Waals surface area contributed by atoms with Crippen molar-refractivity contribution < 1.29 is 35.1 Å². The third-order valence-electron chi connectivity index (χ3n) is 4.27. The van der Waals surface area contributed by atoms with Gasteiger partial charge in [0, 0.05) is 12.2 Å². The third-order valence-corrected chi connectivity index (χ3v) is 5.54. The highest BCUT2D eigenvalue weighted by atomic mass is 32.2. The van der Waals surface area contributed by atoms with Crippen LogP contribution in [-0.4, -0.2) is 85.8 Å². The summed E-state index contributed by atoms with van der Waals surface area (Å²) in [6.07, 6.45) is -3.28. The Kier molecular flexibility index (Phi) is 10.2. The number of carbonyl (C=O) groups is 1. The zero-order chi connectivity index (χ0) is 19.0. The number of thioether (sulfide) groups is 1. The van der Waals surface area contributed by atoms with E-state index in [0.717, 1.165) is 24.6 Å². The summed E-state index contributed by atoms with van der Waals surface area (Å²) in [7, 11) is 0. The lowest BCUT2D eigenvalue weighted by Crippen LogP contribution is -2.58. The number of aliphatic hydroxyl groups excluding tert-OH is 5. The topological polar surface area (TPSA) is 139 Å². The predicted molar refractivity (Wildman–Crippen MR) is 94.0 cm³/mol. The van der Waals surface area contributed by atoms with E-state index in [4.69, 9.17) is 4.74 Å². The molecule has 6 N–H and O–H groups in total. The molecule has 1 fully saturated rings. The van der Waals surface area contributed by atoms with Gasteiger partial charge in [-0.25, -0.2) is 0 Å². The van der Waals surface area contributed by atoms with Gasteiger partial charge in [-0.3, -0.25) is 4.79 Å². The van der Waals surface area contributed by atoms with E-state index in [1.54, 1.807) is 6.92 Å². The molecule has 0 aliphatic carbocycles. The lowest BCUT2D eigenvalue weighted by atomic mass is 10.0. The molecule has 0 bridgehead atoms. The quantitative estimate of drug-likeness (QED) is 0.282. The van der Waals surface area contributed by atoms with Crippen LogP contribution < -0.4 is 5.32 Å². The molecule has 0 aromatic heterocycles. The Morgan fingerprint density at radius 1 is 1.20 bits per heavy atom. The number of ether oxygens (including phenoxy) is 1. The van der Waals surface area contributed by atoms with Gasteiger partial charge >= 0.3 is 0 Å². The summed E-state index contributed by atoms with van der Waals surface area (Å²) in [5.74, 6) is 0.0780. The first-order valence-electron chi connectivity index (χ1n) is 8.75. The van der Waals surface area contributed by atoms with E-state index >= 15 is 0 Å². The van der Waals surface area contributed by atoms with Gasteiger partial charge < -0.3 is 35.6 Å². The van der Waals surface area contributed by atoms with E-state index in [9.17, 15) is 30.3 Å². The van der Waals surface area contributed by atoms with Gasteiger partial charge in [-0.05, 0) is 6.42 Å². The summed E-state index contributed by atoms with van der Waals surface area (Å²) in [5, 5.41) is 52.0. The molecule has 1 aliphatic rings. The highest BCUT2D eigenvalue weighted by Crippen LogP contribution is 2.29. The van der Waals surface area contributed by atoms with Crippen LogP contribution in [0.4, 0.5) is 0 Å². The van der Waals surface area contributed by atoms with E-state index in [1.807, 2.05) is 6.92 Å². The van der Waals surface area contributed by atoms with Crippen molar-refractivity contribution in [3.05, 3.63) is 0 Å². The highest BCUT2D eigenvalue weighted by Gasteiger charge is 2.43. The monoisotopic (exact) mass is 381 g/mol. The zero-order valence-electron chi connectivity index (χ0n) is 14.7. The van der Waals surface area contributed by atoms with Crippen LogP contribution in [0.15, 0.2) is 0 Å². The van der Waals surface area contributed by atoms with Crippen molar-refractivity contribution in [3.63, 3.8) is 0 Å². The van der Waals surface area contributed by atoms with E-state index in [-0.39, 0.29) is 11.7 Å². The Hall–Kier alpha value is -0.420. The van der Waals surface area contributed by atoms with Crippen LogP contribution in [0.5, 0.6) is 0 Å². The molecule has 0 radical (unpaired) electrons. The molecule has 0 spiro atoms. The molecule has 0 aromatic carbocycles. The van der Waals surface area contributed by atoms with E-state index < -0.39 is 48.6 Å². The molecule has 9 heteroatoms. The maximum absolute atomic E-state index is 11.7. The standard InChI is InChI=1S/C16H31NO7S/c1-3-5-6-10(19)9(17-12(20)4-2)8-25-16-15(23)14(22)13(21)11(7-18)24-16/h9-11,13-16,18-19,21-23H,3-8H2,1-2H3,(H,17,20). The summed E-state index contributed by atoms with van der Waals surface area (Å²) in [5.41, 5.74) is -0.880.